The molecule has 9 nitrogen and oxygen atoms in total. The highest BCUT2D eigenvalue weighted by Gasteiger charge is 2.26. The van der Waals surface area contributed by atoms with E-state index in [1.165, 1.54) is 44.4 Å². The summed E-state index contributed by atoms with van der Waals surface area (Å²) in [6.45, 7) is 0.0378. The van der Waals surface area contributed by atoms with Crippen LogP contribution in [-0.4, -0.2) is 49.3 Å². The van der Waals surface area contributed by atoms with Gasteiger partial charge in [0, 0.05) is 43.2 Å². The highest BCUT2D eigenvalue weighted by atomic mass is 32.2. The first kappa shape index (κ1) is 27.3. The Morgan fingerprint density at radius 2 is 1.66 bits per heavy atom. The molecule has 0 saturated heterocycles. The zero-order valence-electron chi connectivity index (χ0n) is 21.1. The van der Waals surface area contributed by atoms with Crippen molar-refractivity contribution in [2.45, 2.75) is 6.54 Å². The van der Waals surface area contributed by atoms with Crippen LogP contribution in [0.1, 0.15) is 15.9 Å². The van der Waals surface area contributed by atoms with Crippen LogP contribution in [0, 0.1) is 5.82 Å². The van der Waals surface area contributed by atoms with E-state index < -0.39 is 31.8 Å². The Morgan fingerprint density at radius 1 is 0.974 bits per heavy atom. The van der Waals surface area contributed by atoms with Crippen LogP contribution in [-0.2, 0) is 26.6 Å². The Balaban J connectivity index is 2.00. The molecule has 200 valence electrons. The average molecular weight is 560 g/mol. The second-order valence-corrected chi connectivity index (χ2v) is 12.6. The van der Waals surface area contributed by atoms with Gasteiger partial charge < -0.3 is 9.73 Å². The molecule has 4 rings (SSSR count). The van der Waals surface area contributed by atoms with Gasteiger partial charge in [-0.1, -0.05) is 18.2 Å². The zero-order valence-corrected chi connectivity index (χ0v) is 22.7. The molecule has 0 radical (unpaired) electrons. The van der Waals surface area contributed by atoms with Gasteiger partial charge in [-0.3, -0.25) is 9.10 Å². The highest BCUT2D eigenvalue weighted by molar-refractivity contribution is 7.92. The fraction of sp³-hybridized carbons (Fsp3) is 0.192. The molecule has 4 aromatic rings. The Bertz CT molecular complexity index is 1750. The first-order valence-corrected chi connectivity index (χ1v) is 15.1. The maximum absolute atomic E-state index is 13.6. The number of fused-ring (bicyclic) bond motifs is 1. The van der Waals surface area contributed by atoms with Crippen molar-refractivity contribution >= 4 is 42.6 Å². The number of amides is 1. The number of nitrogens with zero attached hydrogens (tertiary/aromatic N) is 1. The minimum absolute atomic E-state index is 0.0378. The van der Waals surface area contributed by atoms with Crippen molar-refractivity contribution in [1.29, 1.82) is 0 Å². The van der Waals surface area contributed by atoms with Crippen molar-refractivity contribution in [3.8, 4) is 22.5 Å². The third-order valence-corrected chi connectivity index (χ3v) is 7.84. The number of sulfonamides is 2. The number of carbonyl (C=O) groups is 1. The molecule has 2 N–H and O–H groups in total. The summed E-state index contributed by atoms with van der Waals surface area (Å²) in [4.78, 5) is 13.0. The van der Waals surface area contributed by atoms with Gasteiger partial charge in [0.05, 0.1) is 23.8 Å². The SMILES string of the molecule is CNC(=O)c1c(-c2ccc(F)cc2)oc2cc(N(C)S(C)(=O)=O)c(-c3cccc(CNS(C)(=O)=O)c3)cc12. The predicted molar refractivity (Wildman–Crippen MR) is 145 cm³/mol. The first-order chi connectivity index (χ1) is 17.8. The van der Waals surface area contributed by atoms with Gasteiger partial charge >= 0.3 is 0 Å². The van der Waals surface area contributed by atoms with Gasteiger partial charge in [-0.25, -0.2) is 25.9 Å². The van der Waals surface area contributed by atoms with Crippen LogP contribution in [0.5, 0.6) is 0 Å². The lowest BCUT2D eigenvalue weighted by molar-refractivity contribution is 0.0964. The fourth-order valence-electron chi connectivity index (χ4n) is 4.02. The van der Waals surface area contributed by atoms with Crippen LogP contribution in [0.4, 0.5) is 10.1 Å². The second-order valence-electron chi connectivity index (χ2n) is 8.78. The molecule has 38 heavy (non-hydrogen) atoms. The molecule has 1 amide bonds. The topological polar surface area (TPSA) is 126 Å². The molecule has 1 aromatic heterocycles. The summed E-state index contributed by atoms with van der Waals surface area (Å²) in [5.41, 5.74) is 2.93. The molecule has 3 aromatic carbocycles. The fourth-order valence-corrected chi connectivity index (χ4v) is 4.96. The smallest absolute Gasteiger partial charge is 0.255 e. The lowest BCUT2D eigenvalue weighted by atomic mass is 9.97. The number of benzene rings is 3. The lowest BCUT2D eigenvalue weighted by Gasteiger charge is -2.21. The highest BCUT2D eigenvalue weighted by Crippen LogP contribution is 2.41. The molecule has 0 fully saturated rings. The first-order valence-electron chi connectivity index (χ1n) is 11.3. The number of furan rings is 1. The predicted octanol–water partition coefficient (Wildman–Crippen LogP) is 3.71. The van der Waals surface area contributed by atoms with E-state index in [1.54, 1.807) is 30.3 Å². The maximum atomic E-state index is 13.6. The largest absolute Gasteiger partial charge is 0.455 e. The molecule has 0 spiro atoms. The number of hydrogen-bond acceptors (Lipinski definition) is 6. The maximum Gasteiger partial charge on any atom is 0.255 e. The van der Waals surface area contributed by atoms with Gasteiger partial charge in [-0.05, 0) is 47.5 Å². The van der Waals surface area contributed by atoms with Crippen molar-refractivity contribution < 1.29 is 30.4 Å². The van der Waals surface area contributed by atoms with Crippen molar-refractivity contribution in [2.24, 2.45) is 0 Å². The van der Waals surface area contributed by atoms with Gasteiger partial charge in [0.1, 0.15) is 17.2 Å². The third kappa shape index (κ3) is 5.72. The number of anilines is 1. The molecule has 0 unspecified atom stereocenters. The van der Waals surface area contributed by atoms with Crippen molar-refractivity contribution in [1.82, 2.24) is 10.0 Å². The van der Waals surface area contributed by atoms with Crippen molar-refractivity contribution in [3.05, 3.63) is 77.6 Å². The van der Waals surface area contributed by atoms with Crippen LogP contribution in [0.25, 0.3) is 33.4 Å². The van der Waals surface area contributed by atoms with Gasteiger partial charge in [-0.2, -0.15) is 0 Å². The summed E-state index contributed by atoms with van der Waals surface area (Å²) in [6, 6.07) is 15.6. The minimum atomic E-state index is -3.70. The summed E-state index contributed by atoms with van der Waals surface area (Å²) < 4.78 is 71.4. The quantitative estimate of drug-likeness (QED) is 0.339. The molecule has 0 aliphatic carbocycles. The molecule has 0 atom stereocenters. The summed E-state index contributed by atoms with van der Waals surface area (Å²) in [6.07, 6.45) is 2.12. The van der Waals surface area contributed by atoms with Crippen LogP contribution in [0.3, 0.4) is 0 Å². The van der Waals surface area contributed by atoms with E-state index in [2.05, 4.69) is 10.0 Å². The molecular formula is C26H26FN3O6S2. The number of hydrogen-bond donors (Lipinski definition) is 2. The van der Waals surface area contributed by atoms with E-state index in [0.29, 0.717) is 27.6 Å². The Hall–Kier alpha value is -3.74. The van der Waals surface area contributed by atoms with E-state index >= 15 is 0 Å². The van der Waals surface area contributed by atoms with E-state index in [4.69, 9.17) is 4.42 Å². The molecule has 0 aliphatic heterocycles. The van der Waals surface area contributed by atoms with Crippen LogP contribution < -0.4 is 14.3 Å². The van der Waals surface area contributed by atoms with E-state index in [0.717, 1.165) is 16.8 Å². The standard InChI is InChI=1S/C26H26FN3O6S2/c1-28-26(31)24-21-13-20(18-7-5-6-16(12-18)15-29-37(3,32)33)22(30(2)38(4,34)35)14-23(21)36-25(24)17-8-10-19(27)11-9-17/h5-14,29H,15H2,1-4H3,(H,28,31). The lowest BCUT2D eigenvalue weighted by Crippen LogP contribution is -2.25. The molecule has 1 heterocycles. The molecular weight excluding hydrogens is 533 g/mol. The van der Waals surface area contributed by atoms with E-state index in [-0.39, 0.29) is 29.1 Å². The molecule has 12 heteroatoms. The Kier molecular flexibility index (Phi) is 7.33. The van der Waals surface area contributed by atoms with Gasteiger partial charge in [0.15, 0.2) is 0 Å². The molecule has 0 aliphatic rings. The molecule has 0 bridgehead atoms. The molecule has 0 saturated carbocycles. The number of halogens is 1. The summed E-state index contributed by atoms with van der Waals surface area (Å²) in [5.74, 6) is -0.684. The summed E-state index contributed by atoms with van der Waals surface area (Å²) in [5, 5.41) is 3.02. The number of nitrogens with one attached hydrogen (secondary N) is 2. The summed E-state index contributed by atoms with van der Waals surface area (Å²) >= 11 is 0. The average Bonchev–Trinajstić information content (AvgIpc) is 3.24. The van der Waals surface area contributed by atoms with Gasteiger partial charge in [0.25, 0.3) is 5.91 Å². The second kappa shape index (κ2) is 10.2. The van der Waals surface area contributed by atoms with E-state index in [9.17, 15) is 26.0 Å². The van der Waals surface area contributed by atoms with Crippen molar-refractivity contribution in [3.63, 3.8) is 0 Å². The number of rotatable bonds is 8. The Labute approximate surface area is 220 Å². The number of carbonyl (C=O) groups excluding carboxylic acids is 1. The summed E-state index contributed by atoms with van der Waals surface area (Å²) in [7, 11) is -4.25. The zero-order chi connectivity index (χ0) is 27.8. The Morgan fingerprint density at radius 3 is 2.26 bits per heavy atom. The van der Waals surface area contributed by atoms with Gasteiger partial charge in [-0.15, -0.1) is 0 Å². The minimum Gasteiger partial charge on any atom is -0.455 e. The normalized spacial score (nSPS) is 12.0. The van der Waals surface area contributed by atoms with Crippen molar-refractivity contribution in [2.75, 3.05) is 30.9 Å². The third-order valence-electron chi connectivity index (χ3n) is 5.98. The van der Waals surface area contributed by atoms with E-state index in [1.807, 2.05) is 0 Å². The van der Waals surface area contributed by atoms with Gasteiger partial charge in [0.2, 0.25) is 20.0 Å². The van der Waals surface area contributed by atoms with Crippen LogP contribution in [0.2, 0.25) is 0 Å². The monoisotopic (exact) mass is 559 g/mol. The van der Waals surface area contributed by atoms with Crippen LogP contribution >= 0.6 is 0 Å². The van der Waals surface area contributed by atoms with Crippen LogP contribution in [0.15, 0.2) is 65.1 Å².